The highest BCUT2D eigenvalue weighted by Crippen LogP contribution is 2.10. The highest BCUT2D eigenvalue weighted by Gasteiger charge is 2.25. The van der Waals surface area contributed by atoms with E-state index in [9.17, 15) is 4.79 Å². The SMILES string of the molecule is O=COC1OCC(CO)O1. The Hall–Kier alpha value is -0.650. The molecule has 58 valence electrons. The van der Waals surface area contributed by atoms with Crippen LogP contribution in [0.3, 0.4) is 0 Å². The molecule has 2 atom stereocenters. The molecule has 0 aliphatic carbocycles. The molecule has 0 spiro atoms. The molecule has 0 amide bonds. The van der Waals surface area contributed by atoms with E-state index in [4.69, 9.17) is 14.6 Å². The highest BCUT2D eigenvalue weighted by atomic mass is 16.9. The summed E-state index contributed by atoms with van der Waals surface area (Å²) in [4.78, 5) is 9.71. The zero-order valence-electron chi connectivity index (χ0n) is 5.23. The number of hydrogen-bond acceptors (Lipinski definition) is 5. The van der Waals surface area contributed by atoms with Crippen molar-refractivity contribution in [3.05, 3.63) is 0 Å². The molecule has 10 heavy (non-hydrogen) atoms. The van der Waals surface area contributed by atoms with Crippen molar-refractivity contribution in [3.63, 3.8) is 0 Å². The van der Waals surface area contributed by atoms with E-state index in [-0.39, 0.29) is 25.8 Å². The van der Waals surface area contributed by atoms with Crippen LogP contribution in [0.2, 0.25) is 0 Å². The number of hydrogen-bond donors (Lipinski definition) is 1. The predicted octanol–water partition coefficient (Wildman–Crippen LogP) is -1.15. The van der Waals surface area contributed by atoms with E-state index in [1.54, 1.807) is 0 Å². The zero-order chi connectivity index (χ0) is 7.40. The maximum atomic E-state index is 9.71. The molecule has 1 saturated heterocycles. The Bertz CT molecular complexity index is 115. The van der Waals surface area contributed by atoms with Gasteiger partial charge < -0.3 is 19.3 Å². The third kappa shape index (κ3) is 1.66. The summed E-state index contributed by atoms with van der Waals surface area (Å²) in [6.45, 7) is -0.562. The van der Waals surface area contributed by atoms with Crippen LogP contribution in [-0.4, -0.2) is 37.4 Å². The van der Waals surface area contributed by atoms with Crippen LogP contribution < -0.4 is 0 Å². The van der Waals surface area contributed by atoms with E-state index >= 15 is 0 Å². The van der Waals surface area contributed by atoms with Gasteiger partial charge in [0.2, 0.25) is 0 Å². The van der Waals surface area contributed by atoms with Crippen molar-refractivity contribution < 1.29 is 24.1 Å². The first-order chi connectivity index (χ1) is 4.86. The van der Waals surface area contributed by atoms with E-state index in [1.807, 2.05) is 0 Å². The van der Waals surface area contributed by atoms with Crippen molar-refractivity contribution in [2.45, 2.75) is 12.6 Å². The lowest BCUT2D eigenvalue weighted by Crippen LogP contribution is -2.17. The fraction of sp³-hybridized carbons (Fsp3) is 0.800. The quantitative estimate of drug-likeness (QED) is 0.512. The number of carbonyl (C=O) groups excluding carboxylic acids is 1. The van der Waals surface area contributed by atoms with Crippen LogP contribution in [-0.2, 0) is 19.0 Å². The summed E-state index contributed by atoms with van der Waals surface area (Å²) in [7, 11) is 0. The summed E-state index contributed by atoms with van der Waals surface area (Å²) in [5, 5.41) is 8.50. The second-order valence-electron chi connectivity index (χ2n) is 1.79. The molecule has 0 aromatic carbocycles. The first kappa shape index (κ1) is 7.46. The highest BCUT2D eigenvalue weighted by molar-refractivity contribution is 5.36. The fourth-order valence-electron chi connectivity index (χ4n) is 0.634. The zero-order valence-corrected chi connectivity index (χ0v) is 5.23. The van der Waals surface area contributed by atoms with Crippen molar-refractivity contribution >= 4 is 6.47 Å². The van der Waals surface area contributed by atoms with Gasteiger partial charge in [-0.05, 0) is 0 Å². The largest absolute Gasteiger partial charge is 0.413 e. The van der Waals surface area contributed by atoms with Crippen LogP contribution in [0.5, 0.6) is 0 Å². The Morgan fingerprint density at radius 2 is 2.60 bits per heavy atom. The lowest BCUT2D eigenvalue weighted by Gasteiger charge is -2.05. The van der Waals surface area contributed by atoms with Gasteiger partial charge in [0.15, 0.2) is 0 Å². The Kier molecular flexibility index (Phi) is 2.61. The minimum absolute atomic E-state index is 0.126. The van der Waals surface area contributed by atoms with Crippen LogP contribution in [0.4, 0.5) is 0 Å². The van der Waals surface area contributed by atoms with Gasteiger partial charge in [-0.2, -0.15) is 0 Å². The van der Waals surface area contributed by atoms with Gasteiger partial charge in [0.05, 0.1) is 13.2 Å². The van der Waals surface area contributed by atoms with Crippen molar-refractivity contribution in [1.29, 1.82) is 0 Å². The van der Waals surface area contributed by atoms with Gasteiger partial charge in [0.25, 0.3) is 6.47 Å². The maximum Gasteiger partial charge on any atom is 0.318 e. The van der Waals surface area contributed by atoms with Gasteiger partial charge in [0, 0.05) is 0 Å². The van der Waals surface area contributed by atoms with Crippen molar-refractivity contribution in [1.82, 2.24) is 0 Å². The minimum atomic E-state index is -0.936. The average molecular weight is 148 g/mol. The summed E-state index contributed by atoms with van der Waals surface area (Å²) < 4.78 is 13.9. The molecule has 0 saturated carbocycles. The van der Waals surface area contributed by atoms with E-state index in [0.717, 1.165) is 0 Å². The summed E-state index contributed by atoms with van der Waals surface area (Å²) in [6, 6.07) is 0. The molecule has 1 aliphatic heterocycles. The molecule has 2 unspecified atom stereocenters. The topological polar surface area (TPSA) is 65.0 Å². The normalized spacial score (nSPS) is 32.1. The lowest BCUT2D eigenvalue weighted by molar-refractivity contribution is -0.223. The van der Waals surface area contributed by atoms with E-state index in [0.29, 0.717) is 0 Å². The van der Waals surface area contributed by atoms with Gasteiger partial charge >= 0.3 is 6.48 Å². The number of rotatable bonds is 3. The van der Waals surface area contributed by atoms with Crippen molar-refractivity contribution in [3.8, 4) is 0 Å². The molecule has 5 heteroatoms. The summed E-state index contributed by atoms with van der Waals surface area (Å²) in [6.07, 6.45) is -0.370. The number of ether oxygens (including phenoxy) is 3. The molecule has 0 bridgehead atoms. The second-order valence-corrected chi connectivity index (χ2v) is 1.79. The van der Waals surface area contributed by atoms with E-state index < -0.39 is 6.48 Å². The van der Waals surface area contributed by atoms with Crippen LogP contribution in [0.15, 0.2) is 0 Å². The molecule has 0 aromatic rings. The fourth-order valence-corrected chi connectivity index (χ4v) is 0.634. The Morgan fingerprint density at radius 1 is 1.80 bits per heavy atom. The molecular formula is C5H8O5. The molecular weight excluding hydrogens is 140 g/mol. The van der Waals surface area contributed by atoms with Crippen molar-refractivity contribution in [2.24, 2.45) is 0 Å². The Morgan fingerprint density at radius 3 is 3.10 bits per heavy atom. The molecule has 1 fully saturated rings. The number of aliphatic hydroxyl groups excluding tert-OH is 1. The third-order valence-corrected chi connectivity index (χ3v) is 1.09. The van der Waals surface area contributed by atoms with Gasteiger partial charge in [-0.15, -0.1) is 0 Å². The van der Waals surface area contributed by atoms with Crippen LogP contribution in [0, 0.1) is 0 Å². The summed E-state index contributed by atoms with van der Waals surface area (Å²) in [5.74, 6) is 0. The van der Waals surface area contributed by atoms with E-state index in [2.05, 4.69) is 4.74 Å². The molecule has 0 radical (unpaired) electrons. The first-order valence-electron chi connectivity index (χ1n) is 2.84. The second kappa shape index (κ2) is 3.50. The smallest absolute Gasteiger partial charge is 0.318 e. The lowest BCUT2D eigenvalue weighted by atomic mass is 10.4. The molecule has 0 aromatic heterocycles. The molecule has 1 aliphatic rings. The van der Waals surface area contributed by atoms with Gasteiger partial charge in [-0.3, -0.25) is 4.79 Å². The van der Waals surface area contributed by atoms with Gasteiger partial charge in [-0.1, -0.05) is 0 Å². The molecule has 1 N–H and O–H groups in total. The Labute approximate surface area is 57.5 Å². The van der Waals surface area contributed by atoms with E-state index in [1.165, 1.54) is 0 Å². The van der Waals surface area contributed by atoms with Crippen LogP contribution >= 0.6 is 0 Å². The number of carbonyl (C=O) groups is 1. The molecule has 1 heterocycles. The minimum Gasteiger partial charge on any atom is -0.413 e. The first-order valence-corrected chi connectivity index (χ1v) is 2.84. The summed E-state index contributed by atoms with van der Waals surface area (Å²) in [5.41, 5.74) is 0. The van der Waals surface area contributed by atoms with Crippen LogP contribution in [0.1, 0.15) is 0 Å². The van der Waals surface area contributed by atoms with Crippen LogP contribution in [0.25, 0.3) is 0 Å². The molecule has 1 rings (SSSR count). The predicted molar refractivity (Wildman–Crippen MR) is 28.8 cm³/mol. The monoisotopic (exact) mass is 148 g/mol. The standard InChI is InChI=1S/C5H8O5/c6-1-4-2-8-5(10-4)9-3-7/h3-6H,1-2H2. The van der Waals surface area contributed by atoms with Gasteiger partial charge in [0.1, 0.15) is 6.10 Å². The Balaban J connectivity index is 2.21. The molecule has 5 nitrogen and oxygen atoms in total. The average Bonchev–Trinajstić information content (AvgIpc) is 2.37. The number of aliphatic hydroxyl groups is 1. The van der Waals surface area contributed by atoms with Gasteiger partial charge in [-0.25, -0.2) is 0 Å². The third-order valence-electron chi connectivity index (χ3n) is 1.09. The van der Waals surface area contributed by atoms with Crippen molar-refractivity contribution in [2.75, 3.05) is 13.2 Å². The maximum absolute atomic E-state index is 9.71. The summed E-state index contributed by atoms with van der Waals surface area (Å²) >= 11 is 0.